The lowest BCUT2D eigenvalue weighted by molar-refractivity contribution is -0.161. The van der Waals surface area contributed by atoms with Crippen LogP contribution in [0.2, 0.25) is 5.02 Å². The van der Waals surface area contributed by atoms with Crippen molar-refractivity contribution in [3.05, 3.63) is 53.2 Å². The van der Waals surface area contributed by atoms with E-state index in [1.165, 1.54) is 16.0 Å². The van der Waals surface area contributed by atoms with Crippen LogP contribution in [-0.4, -0.2) is 40.5 Å². The van der Waals surface area contributed by atoms with Gasteiger partial charge < -0.3 is 4.74 Å². The molecule has 1 aromatic carbocycles. The summed E-state index contributed by atoms with van der Waals surface area (Å²) >= 11 is 6.07. The molecule has 152 valence electrons. The Morgan fingerprint density at radius 1 is 1.23 bits per heavy atom. The Labute approximate surface area is 178 Å². The number of aromatic nitrogens is 1. The van der Waals surface area contributed by atoms with E-state index in [-0.39, 0.29) is 36.0 Å². The van der Waals surface area contributed by atoms with Crippen LogP contribution in [0.3, 0.4) is 0 Å². The SMILES string of the molecule is N#Cc1ccc(OC2CC3(CCC3)C2N2C(=O)CN(c3cccc(Cl)c3)C2=O)nc1. The topological polar surface area (TPSA) is 86.5 Å². The lowest BCUT2D eigenvalue weighted by atomic mass is 9.51. The van der Waals surface area contributed by atoms with E-state index in [1.807, 2.05) is 6.07 Å². The molecule has 30 heavy (non-hydrogen) atoms. The van der Waals surface area contributed by atoms with Gasteiger partial charge in [-0.15, -0.1) is 0 Å². The van der Waals surface area contributed by atoms with Gasteiger partial charge in [0.05, 0.1) is 11.6 Å². The predicted molar refractivity (Wildman–Crippen MR) is 109 cm³/mol. The number of amides is 3. The Balaban J connectivity index is 1.40. The van der Waals surface area contributed by atoms with Gasteiger partial charge in [0.1, 0.15) is 18.7 Å². The average Bonchev–Trinajstić information content (AvgIpc) is 2.98. The number of nitrogens with zero attached hydrogens (tertiary/aromatic N) is 4. The minimum absolute atomic E-state index is 0.00636. The molecule has 1 saturated heterocycles. The number of nitriles is 1. The quantitative estimate of drug-likeness (QED) is 0.700. The van der Waals surface area contributed by atoms with Crippen LogP contribution >= 0.6 is 11.6 Å². The van der Waals surface area contributed by atoms with Gasteiger partial charge in [-0.25, -0.2) is 9.78 Å². The van der Waals surface area contributed by atoms with Crippen molar-refractivity contribution >= 4 is 29.2 Å². The highest BCUT2D eigenvalue weighted by molar-refractivity contribution is 6.31. The number of anilines is 1. The molecular weight excluding hydrogens is 404 g/mol. The second-order valence-electron chi connectivity index (χ2n) is 8.13. The zero-order chi connectivity index (χ0) is 20.9. The van der Waals surface area contributed by atoms with Crippen LogP contribution in [-0.2, 0) is 4.79 Å². The van der Waals surface area contributed by atoms with Crippen LogP contribution in [0, 0.1) is 16.7 Å². The largest absolute Gasteiger partial charge is 0.472 e. The highest BCUT2D eigenvalue weighted by Gasteiger charge is 2.64. The van der Waals surface area contributed by atoms with E-state index in [1.54, 1.807) is 36.4 Å². The van der Waals surface area contributed by atoms with Gasteiger partial charge in [-0.3, -0.25) is 14.6 Å². The second kappa shape index (κ2) is 6.99. The summed E-state index contributed by atoms with van der Waals surface area (Å²) in [5.41, 5.74) is 0.994. The van der Waals surface area contributed by atoms with Crippen LogP contribution in [0.4, 0.5) is 10.5 Å². The third-order valence-corrected chi connectivity index (χ3v) is 6.71. The van der Waals surface area contributed by atoms with Crippen molar-refractivity contribution in [2.75, 3.05) is 11.4 Å². The molecule has 2 heterocycles. The van der Waals surface area contributed by atoms with Crippen LogP contribution in [0.5, 0.6) is 5.88 Å². The normalized spacial score (nSPS) is 24.4. The number of hydrogen-bond acceptors (Lipinski definition) is 5. The number of imide groups is 1. The minimum atomic E-state index is -0.334. The van der Waals surface area contributed by atoms with Gasteiger partial charge in [0.2, 0.25) is 5.88 Å². The number of carbonyl (C=O) groups is 2. The van der Waals surface area contributed by atoms with E-state index in [0.29, 0.717) is 22.2 Å². The van der Waals surface area contributed by atoms with Gasteiger partial charge in [-0.2, -0.15) is 5.26 Å². The predicted octanol–water partition coefficient (Wildman–Crippen LogP) is 3.77. The first-order valence-electron chi connectivity index (χ1n) is 9.93. The van der Waals surface area contributed by atoms with Gasteiger partial charge in [0, 0.05) is 23.0 Å². The lowest BCUT2D eigenvalue weighted by Crippen LogP contribution is -2.69. The number of halogens is 1. The van der Waals surface area contributed by atoms with Crippen molar-refractivity contribution in [1.29, 1.82) is 5.26 Å². The van der Waals surface area contributed by atoms with E-state index in [9.17, 15) is 9.59 Å². The van der Waals surface area contributed by atoms with Gasteiger partial charge in [-0.05, 0) is 48.9 Å². The van der Waals surface area contributed by atoms with Gasteiger partial charge in [0.15, 0.2) is 0 Å². The number of pyridine rings is 1. The fraction of sp³-hybridized carbons (Fsp3) is 0.364. The summed E-state index contributed by atoms with van der Waals surface area (Å²) in [6.45, 7) is -0.00636. The summed E-state index contributed by atoms with van der Waals surface area (Å²) in [6.07, 6.45) is 4.98. The molecule has 8 heteroatoms. The van der Waals surface area contributed by atoms with Crippen LogP contribution < -0.4 is 9.64 Å². The molecule has 0 radical (unpaired) electrons. The van der Waals surface area contributed by atoms with Crippen molar-refractivity contribution in [1.82, 2.24) is 9.88 Å². The molecule has 1 aromatic heterocycles. The Hall–Kier alpha value is -3.11. The number of urea groups is 1. The smallest absolute Gasteiger partial charge is 0.332 e. The van der Waals surface area contributed by atoms with Crippen LogP contribution in [0.25, 0.3) is 0 Å². The molecular formula is C22H19ClN4O3. The summed E-state index contributed by atoms with van der Waals surface area (Å²) in [5.74, 6) is 0.168. The minimum Gasteiger partial charge on any atom is -0.472 e. The van der Waals surface area contributed by atoms with Crippen molar-refractivity contribution in [2.45, 2.75) is 37.8 Å². The number of hydrogen-bond donors (Lipinski definition) is 0. The zero-order valence-electron chi connectivity index (χ0n) is 16.1. The van der Waals surface area contributed by atoms with Crippen molar-refractivity contribution < 1.29 is 14.3 Å². The summed E-state index contributed by atoms with van der Waals surface area (Å²) in [5, 5.41) is 9.44. The molecule has 3 fully saturated rings. The third-order valence-electron chi connectivity index (χ3n) is 6.47. The lowest BCUT2D eigenvalue weighted by Gasteiger charge is -2.61. The molecule has 3 aliphatic rings. The first-order valence-corrected chi connectivity index (χ1v) is 10.3. The first kappa shape index (κ1) is 18.9. The van der Waals surface area contributed by atoms with Crippen LogP contribution in [0.1, 0.15) is 31.2 Å². The number of ether oxygens (including phenoxy) is 1. The van der Waals surface area contributed by atoms with Gasteiger partial charge >= 0.3 is 6.03 Å². The molecule has 1 spiro atoms. The molecule has 0 bridgehead atoms. The molecule has 7 nitrogen and oxygen atoms in total. The fourth-order valence-corrected chi connectivity index (χ4v) is 5.04. The van der Waals surface area contributed by atoms with E-state index in [2.05, 4.69) is 4.98 Å². The molecule has 2 atom stereocenters. The maximum absolute atomic E-state index is 13.3. The molecule has 1 aliphatic heterocycles. The summed E-state index contributed by atoms with van der Waals surface area (Å²) in [7, 11) is 0. The molecule has 5 rings (SSSR count). The van der Waals surface area contributed by atoms with Gasteiger partial charge in [-0.1, -0.05) is 24.1 Å². The monoisotopic (exact) mass is 422 g/mol. The molecule has 3 amide bonds. The van der Waals surface area contributed by atoms with Crippen molar-refractivity contribution in [3.63, 3.8) is 0 Å². The Kier molecular flexibility index (Phi) is 4.40. The highest BCUT2D eigenvalue weighted by Crippen LogP contribution is 2.59. The molecule has 2 aromatic rings. The molecule has 2 saturated carbocycles. The Morgan fingerprint density at radius 3 is 2.70 bits per heavy atom. The number of carbonyl (C=O) groups excluding carboxylic acids is 2. The van der Waals surface area contributed by atoms with Crippen LogP contribution in [0.15, 0.2) is 42.6 Å². The third kappa shape index (κ3) is 2.91. The summed E-state index contributed by atoms with van der Waals surface area (Å²) in [6, 6.07) is 11.6. The standard InChI is InChI=1S/C22H19ClN4O3/c23-15-3-1-4-16(9-15)26-13-19(28)27(21(26)29)20-17(10-22(20)7-2-8-22)30-18-6-5-14(11-24)12-25-18/h1,3-6,9,12,17,20H,2,7-8,10,13H2. The fourth-order valence-electron chi connectivity index (χ4n) is 4.85. The Morgan fingerprint density at radius 2 is 2.07 bits per heavy atom. The van der Waals surface area contributed by atoms with E-state index >= 15 is 0 Å². The van der Waals surface area contributed by atoms with Gasteiger partial charge in [0.25, 0.3) is 5.91 Å². The molecule has 2 unspecified atom stereocenters. The number of benzene rings is 1. The average molecular weight is 423 g/mol. The molecule has 0 N–H and O–H groups in total. The van der Waals surface area contributed by atoms with E-state index in [0.717, 1.165) is 25.7 Å². The maximum Gasteiger partial charge on any atom is 0.332 e. The second-order valence-corrected chi connectivity index (χ2v) is 8.57. The zero-order valence-corrected chi connectivity index (χ0v) is 16.9. The first-order chi connectivity index (χ1) is 14.5. The summed E-state index contributed by atoms with van der Waals surface area (Å²) in [4.78, 5) is 33.2. The van der Waals surface area contributed by atoms with Crippen molar-refractivity contribution in [3.8, 4) is 11.9 Å². The van der Waals surface area contributed by atoms with E-state index < -0.39 is 0 Å². The molecule has 2 aliphatic carbocycles. The number of rotatable bonds is 4. The highest BCUT2D eigenvalue weighted by atomic mass is 35.5. The van der Waals surface area contributed by atoms with E-state index in [4.69, 9.17) is 21.6 Å². The van der Waals surface area contributed by atoms with Crippen molar-refractivity contribution in [2.24, 2.45) is 5.41 Å². The Bertz CT molecular complexity index is 1060. The summed E-state index contributed by atoms with van der Waals surface area (Å²) < 4.78 is 6.06. The maximum atomic E-state index is 13.3.